The van der Waals surface area contributed by atoms with E-state index in [2.05, 4.69) is 0 Å². The van der Waals surface area contributed by atoms with E-state index < -0.39 is 73.6 Å². The summed E-state index contributed by atoms with van der Waals surface area (Å²) in [6, 6.07) is 0. The molecule has 2 rings (SSSR count). The molecule has 0 radical (unpaired) electrons. The van der Waals surface area contributed by atoms with Gasteiger partial charge in [0.1, 0.15) is 42.7 Å². The standard InChI is InChI=1S/C12H21ClO11/c13-12(2-15)9(20)5(17)7(19)11(24-12)23-8-3(1-14)22-10(21)6(18)4(8)16/h3-11,14-21H,1-2H2/t3-,4-,5+,6-,7-,8-,9-,10-,11+,12+/m1/s1. The van der Waals surface area contributed by atoms with Gasteiger partial charge in [-0.1, -0.05) is 11.6 Å². The minimum absolute atomic E-state index is 0.717. The maximum Gasteiger partial charge on any atom is 0.196 e. The summed E-state index contributed by atoms with van der Waals surface area (Å²) in [6.45, 7) is -1.65. The number of ether oxygens (including phenoxy) is 3. The molecule has 2 aliphatic heterocycles. The van der Waals surface area contributed by atoms with Crippen molar-refractivity contribution in [2.45, 2.75) is 60.4 Å². The Kier molecular flexibility index (Phi) is 6.40. The molecule has 0 bridgehead atoms. The van der Waals surface area contributed by atoms with Crippen LogP contribution in [0, 0.1) is 0 Å². The summed E-state index contributed by atoms with van der Waals surface area (Å²) in [5, 5.41) is 74.8. The van der Waals surface area contributed by atoms with Crippen LogP contribution in [0.4, 0.5) is 0 Å². The molecular formula is C12H21ClO11. The quantitative estimate of drug-likeness (QED) is 0.220. The molecule has 0 amide bonds. The van der Waals surface area contributed by atoms with Crippen LogP contribution in [0.5, 0.6) is 0 Å². The smallest absolute Gasteiger partial charge is 0.196 e. The van der Waals surface area contributed by atoms with Crippen LogP contribution in [0.25, 0.3) is 0 Å². The molecule has 0 spiro atoms. The summed E-state index contributed by atoms with van der Waals surface area (Å²) in [7, 11) is 0. The van der Waals surface area contributed by atoms with Crippen LogP contribution in [0.15, 0.2) is 0 Å². The van der Waals surface area contributed by atoms with Gasteiger partial charge in [0, 0.05) is 0 Å². The van der Waals surface area contributed by atoms with Crippen LogP contribution < -0.4 is 0 Å². The molecule has 0 unspecified atom stereocenters. The van der Waals surface area contributed by atoms with Gasteiger partial charge < -0.3 is 55.1 Å². The maximum atomic E-state index is 9.97. The fraction of sp³-hybridized carbons (Fsp3) is 1.00. The van der Waals surface area contributed by atoms with Crippen LogP contribution in [-0.4, -0.2) is 114 Å². The van der Waals surface area contributed by atoms with Gasteiger partial charge in [0.2, 0.25) is 0 Å². The zero-order valence-electron chi connectivity index (χ0n) is 12.3. The molecule has 10 atom stereocenters. The Morgan fingerprint density at radius 3 is 2.08 bits per heavy atom. The predicted molar refractivity (Wildman–Crippen MR) is 73.4 cm³/mol. The van der Waals surface area contributed by atoms with Gasteiger partial charge in [-0.05, 0) is 0 Å². The highest BCUT2D eigenvalue weighted by Crippen LogP contribution is 2.35. The third-order valence-corrected chi connectivity index (χ3v) is 4.48. The average Bonchev–Trinajstić information content (AvgIpc) is 2.57. The van der Waals surface area contributed by atoms with E-state index >= 15 is 0 Å². The third-order valence-electron chi connectivity index (χ3n) is 4.05. The van der Waals surface area contributed by atoms with Gasteiger partial charge in [0.05, 0.1) is 13.2 Å². The molecular weight excluding hydrogens is 356 g/mol. The van der Waals surface area contributed by atoms with Crippen molar-refractivity contribution in [2.24, 2.45) is 0 Å². The Hall–Kier alpha value is -0.150. The van der Waals surface area contributed by atoms with Crippen molar-refractivity contribution in [1.82, 2.24) is 0 Å². The van der Waals surface area contributed by atoms with Crippen LogP contribution >= 0.6 is 11.6 Å². The minimum atomic E-state index is -2.18. The highest BCUT2D eigenvalue weighted by atomic mass is 35.5. The summed E-state index contributed by atoms with van der Waals surface area (Å²) in [6.07, 6.45) is -15.3. The van der Waals surface area contributed by atoms with Crippen LogP contribution in [0.2, 0.25) is 0 Å². The summed E-state index contributed by atoms with van der Waals surface area (Å²) in [5.74, 6) is 0. The molecule has 12 heteroatoms. The van der Waals surface area contributed by atoms with Crippen molar-refractivity contribution >= 4 is 11.6 Å². The van der Waals surface area contributed by atoms with E-state index in [0.29, 0.717) is 0 Å². The zero-order valence-corrected chi connectivity index (χ0v) is 13.0. The van der Waals surface area contributed by atoms with E-state index in [0.717, 1.165) is 0 Å². The van der Waals surface area contributed by atoms with Crippen molar-refractivity contribution in [2.75, 3.05) is 13.2 Å². The van der Waals surface area contributed by atoms with Gasteiger partial charge in [-0.25, -0.2) is 0 Å². The van der Waals surface area contributed by atoms with Gasteiger partial charge in [0.25, 0.3) is 0 Å². The Morgan fingerprint density at radius 2 is 1.54 bits per heavy atom. The molecule has 11 nitrogen and oxygen atoms in total. The number of aliphatic hydroxyl groups is 8. The largest absolute Gasteiger partial charge is 0.394 e. The van der Waals surface area contributed by atoms with Crippen LogP contribution in [0.1, 0.15) is 0 Å². The van der Waals surface area contributed by atoms with E-state index in [1.54, 1.807) is 0 Å². The Morgan fingerprint density at radius 1 is 0.917 bits per heavy atom. The molecule has 142 valence electrons. The van der Waals surface area contributed by atoms with Gasteiger partial charge in [-0.15, -0.1) is 0 Å². The monoisotopic (exact) mass is 376 g/mol. The van der Waals surface area contributed by atoms with E-state index in [9.17, 15) is 40.9 Å². The number of rotatable bonds is 4. The van der Waals surface area contributed by atoms with Crippen molar-refractivity contribution in [1.29, 1.82) is 0 Å². The molecule has 0 saturated carbocycles. The third kappa shape index (κ3) is 3.53. The lowest BCUT2D eigenvalue weighted by Gasteiger charge is -2.47. The van der Waals surface area contributed by atoms with Crippen molar-refractivity contribution < 1.29 is 55.1 Å². The van der Waals surface area contributed by atoms with E-state index in [-0.39, 0.29) is 0 Å². The normalized spacial score (nSPS) is 53.1. The number of hydrogen-bond donors (Lipinski definition) is 8. The second-order valence-electron chi connectivity index (χ2n) is 5.69. The van der Waals surface area contributed by atoms with E-state index in [1.165, 1.54) is 0 Å². The van der Waals surface area contributed by atoms with Gasteiger partial charge >= 0.3 is 0 Å². The molecule has 2 saturated heterocycles. The Bertz CT molecular complexity index is 426. The fourth-order valence-electron chi connectivity index (χ4n) is 2.56. The first-order valence-electron chi connectivity index (χ1n) is 7.14. The van der Waals surface area contributed by atoms with Gasteiger partial charge in [-0.3, -0.25) is 0 Å². The SMILES string of the molecule is OC[C@H]1O[C@@H](O)[C@H](O)[C@@H](O)[C@@H]1O[C@H]1O[C@@](Cl)(CO)[C@H](O)[C@@H](O)[C@H]1O. The summed E-state index contributed by atoms with van der Waals surface area (Å²) in [5.41, 5.74) is 0. The molecule has 24 heavy (non-hydrogen) atoms. The predicted octanol–water partition coefficient (Wildman–Crippen LogP) is -4.83. The molecule has 0 aromatic rings. The number of hydrogen-bond acceptors (Lipinski definition) is 11. The van der Waals surface area contributed by atoms with Crippen molar-refractivity contribution in [3.8, 4) is 0 Å². The van der Waals surface area contributed by atoms with Gasteiger partial charge in [-0.2, -0.15) is 0 Å². The lowest BCUT2D eigenvalue weighted by molar-refractivity contribution is -0.361. The first-order valence-corrected chi connectivity index (χ1v) is 7.52. The van der Waals surface area contributed by atoms with Crippen molar-refractivity contribution in [3.05, 3.63) is 0 Å². The lowest BCUT2D eigenvalue weighted by atomic mass is 9.97. The van der Waals surface area contributed by atoms with Crippen molar-refractivity contribution in [3.63, 3.8) is 0 Å². The topological polar surface area (TPSA) is 190 Å². The molecule has 0 aromatic heterocycles. The van der Waals surface area contributed by atoms with Crippen LogP contribution in [-0.2, 0) is 14.2 Å². The number of aliphatic hydroxyl groups excluding tert-OH is 8. The van der Waals surface area contributed by atoms with E-state index in [4.69, 9.17) is 25.8 Å². The highest BCUT2D eigenvalue weighted by molar-refractivity contribution is 6.23. The molecule has 2 aliphatic rings. The van der Waals surface area contributed by atoms with Gasteiger partial charge in [0.15, 0.2) is 17.6 Å². The highest BCUT2D eigenvalue weighted by Gasteiger charge is 2.55. The summed E-state index contributed by atoms with van der Waals surface area (Å²) >= 11 is 5.84. The molecule has 2 heterocycles. The zero-order chi connectivity index (χ0) is 18.2. The average molecular weight is 377 g/mol. The second-order valence-corrected chi connectivity index (χ2v) is 6.33. The Balaban J connectivity index is 2.18. The van der Waals surface area contributed by atoms with E-state index in [1.807, 2.05) is 0 Å². The molecule has 0 aliphatic carbocycles. The molecule has 0 aromatic carbocycles. The Labute approximate surface area is 141 Å². The summed E-state index contributed by atoms with van der Waals surface area (Å²) < 4.78 is 15.2. The number of alkyl halides is 1. The fourth-order valence-corrected chi connectivity index (χ4v) is 2.78. The number of halogens is 1. The first kappa shape index (κ1) is 20.2. The maximum absolute atomic E-state index is 9.97. The second kappa shape index (κ2) is 7.61. The molecule has 8 N–H and O–H groups in total. The lowest BCUT2D eigenvalue weighted by Crippen LogP contribution is -2.66. The molecule has 2 fully saturated rings. The minimum Gasteiger partial charge on any atom is -0.394 e. The summed E-state index contributed by atoms with van der Waals surface area (Å²) in [4.78, 5) is 0. The first-order chi connectivity index (χ1) is 11.2. The van der Waals surface area contributed by atoms with Crippen LogP contribution in [0.3, 0.4) is 0 Å².